The molecule has 1 N–H and O–H groups in total. The predicted octanol–water partition coefficient (Wildman–Crippen LogP) is 3.25. The summed E-state index contributed by atoms with van der Waals surface area (Å²) in [5.41, 5.74) is 5.73. The molecule has 3 heterocycles. The Kier molecular flexibility index (Phi) is 5.28. The fraction of sp³-hybridized carbons (Fsp3) is 0.391. The van der Waals surface area contributed by atoms with Gasteiger partial charge in [-0.1, -0.05) is 12.1 Å². The lowest BCUT2D eigenvalue weighted by atomic mass is 10.1. The van der Waals surface area contributed by atoms with Crippen LogP contribution in [-0.2, 0) is 11.2 Å². The number of hydrogen-bond donors (Lipinski definition) is 1. The SMILES string of the molecule is Cc1cc(C)nc(-c2cccc3c2O[C@@H](CNC(=O)[C@@H](C)n2nc(C)cc2C)C3)n1. The number of nitrogens with one attached hydrogen (secondary N) is 1. The number of carbonyl (C=O) groups excluding carboxylic acids is 1. The molecule has 0 spiro atoms. The van der Waals surface area contributed by atoms with Gasteiger partial charge in [0.25, 0.3) is 0 Å². The zero-order valence-corrected chi connectivity index (χ0v) is 18.1. The van der Waals surface area contributed by atoms with Crippen LogP contribution in [0.2, 0.25) is 0 Å². The molecule has 0 aliphatic carbocycles. The fourth-order valence-corrected chi connectivity index (χ4v) is 3.99. The normalized spacial score (nSPS) is 16.1. The van der Waals surface area contributed by atoms with Crippen molar-refractivity contribution in [1.29, 1.82) is 0 Å². The van der Waals surface area contributed by atoms with Gasteiger partial charge in [0, 0.05) is 23.5 Å². The van der Waals surface area contributed by atoms with Crippen LogP contribution in [0.15, 0.2) is 30.3 Å². The van der Waals surface area contributed by atoms with E-state index in [0.717, 1.165) is 46.1 Å². The maximum absolute atomic E-state index is 12.7. The van der Waals surface area contributed by atoms with Gasteiger partial charge >= 0.3 is 0 Å². The summed E-state index contributed by atoms with van der Waals surface area (Å²) in [7, 11) is 0. The molecule has 1 aromatic carbocycles. The van der Waals surface area contributed by atoms with E-state index in [9.17, 15) is 4.79 Å². The largest absolute Gasteiger partial charge is 0.487 e. The summed E-state index contributed by atoms with van der Waals surface area (Å²) >= 11 is 0. The zero-order valence-electron chi connectivity index (χ0n) is 18.1. The van der Waals surface area contributed by atoms with Crippen LogP contribution in [0.4, 0.5) is 0 Å². The number of aromatic nitrogens is 4. The van der Waals surface area contributed by atoms with Crippen molar-refractivity contribution in [3.05, 3.63) is 58.7 Å². The van der Waals surface area contributed by atoms with E-state index in [1.807, 2.05) is 58.9 Å². The predicted molar refractivity (Wildman–Crippen MR) is 114 cm³/mol. The van der Waals surface area contributed by atoms with Gasteiger partial charge in [-0.05, 0) is 58.4 Å². The van der Waals surface area contributed by atoms with E-state index in [2.05, 4.69) is 26.4 Å². The van der Waals surface area contributed by atoms with Gasteiger partial charge in [-0.3, -0.25) is 9.48 Å². The number of hydrogen-bond acceptors (Lipinski definition) is 5. The first-order valence-corrected chi connectivity index (χ1v) is 10.2. The first-order chi connectivity index (χ1) is 14.3. The highest BCUT2D eigenvalue weighted by Gasteiger charge is 2.28. The van der Waals surface area contributed by atoms with Crippen molar-refractivity contribution in [3.8, 4) is 17.1 Å². The minimum Gasteiger partial charge on any atom is -0.487 e. The van der Waals surface area contributed by atoms with Crippen LogP contribution in [0.3, 0.4) is 0 Å². The highest BCUT2D eigenvalue weighted by molar-refractivity contribution is 5.80. The Morgan fingerprint density at radius 3 is 2.57 bits per heavy atom. The fourth-order valence-electron chi connectivity index (χ4n) is 3.99. The minimum atomic E-state index is -0.373. The first kappa shape index (κ1) is 20.1. The topological polar surface area (TPSA) is 81.9 Å². The molecule has 0 radical (unpaired) electrons. The second-order valence-corrected chi connectivity index (χ2v) is 8.00. The van der Waals surface area contributed by atoms with Gasteiger partial charge in [0.1, 0.15) is 17.9 Å². The highest BCUT2D eigenvalue weighted by atomic mass is 16.5. The van der Waals surface area contributed by atoms with Crippen molar-refractivity contribution in [2.45, 2.75) is 53.2 Å². The Hall–Kier alpha value is -3.22. The number of para-hydroxylation sites is 1. The monoisotopic (exact) mass is 405 g/mol. The number of benzene rings is 1. The van der Waals surface area contributed by atoms with Crippen LogP contribution in [0.5, 0.6) is 5.75 Å². The maximum atomic E-state index is 12.7. The molecule has 156 valence electrons. The van der Waals surface area contributed by atoms with Gasteiger partial charge in [0.05, 0.1) is 17.8 Å². The van der Waals surface area contributed by atoms with E-state index in [1.54, 1.807) is 4.68 Å². The summed E-state index contributed by atoms with van der Waals surface area (Å²) in [5, 5.41) is 7.43. The maximum Gasteiger partial charge on any atom is 0.244 e. The Morgan fingerprint density at radius 2 is 1.90 bits per heavy atom. The third-order valence-corrected chi connectivity index (χ3v) is 5.35. The smallest absolute Gasteiger partial charge is 0.244 e. The van der Waals surface area contributed by atoms with Crippen LogP contribution in [0.1, 0.15) is 41.3 Å². The van der Waals surface area contributed by atoms with Gasteiger partial charge in [-0.25, -0.2) is 9.97 Å². The third-order valence-electron chi connectivity index (χ3n) is 5.35. The molecule has 0 saturated heterocycles. The van der Waals surface area contributed by atoms with Crippen LogP contribution in [-0.4, -0.2) is 38.3 Å². The molecule has 2 aromatic heterocycles. The molecule has 0 fully saturated rings. The Bertz CT molecular complexity index is 1080. The van der Waals surface area contributed by atoms with E-state index < -0.39 is 0 Å². The Labute approximate surface area is 176 Å². The summed E-state index contributed by atoms with van der Waals surface area (Å²) in [6.45, 7) is 10.1. The number of fused-ring (bicyclic) bond motifs is 1. The van der Waals surface area contributed by atoms with E-state index in [4.69, 9.17) is 4.74 Å². The number of amides is 1. The van der Waals surface area contributed by atoms with Crippen molar-refractivity contribution in [2.75, 3.05) is 6.54 Å². The quantitative estimate of drug-likeness (QED) is 0.705. The number of aryl methyl sites for hydroxylation is 4. The average molecular weight is 406 g/mol. The van der Waals surface area contributed by atoms with Crippen LogP contribution in [0, 0.1) is 27.7 Å². The second kappa shape index (κ2) is 7.89. The number of carbonyl (C=O) groups is 1. The lowest BCUT2D eigenvalue weighted by Gasteiger charge is -2.17. The Morgan fingerprint density at radius 1 is 1.17 bits per heavy atom. The first-order valence-electron chi connectivity index (χ1n) is 10.2. The molecule has 3 aromatic rings. The van der Waals surface area contributed by atoms with Crippen LogP contribution in [0.25, 0.3) is 11.4 Å². The molecule has 0 bridgehead atoms. The molecule has 30 heavy (non-hydrogen) atoms. The van der Waals surface area contributed by atoms with Crippen molar-refractivity contribution >= 4 is 5.91 Å². The van der Waals surface area contributed by atoms with E-state index in [-0.39, 0.29) is 18.1 Å². The minimum absolute atomic E-state index is 0.0707. The van der Waals surface area contributed by atoms with Crippen molar-refractivity contribution in [3.63, 3.8) is 0 Å². The van der Waals surface area contributed by atoms with Gasteiger partial charge in [0.2, 0.25) is 5.91 Å². The van der Waals surface area contributed by atoms with E-state index >= 15 is 0 Å². The molecule has 7 heteroatoms. The molecule has 7 nitrogen and oxygen atoms in total. The molecule has 0 saturated carbocycles. The molecule has 1 aliphatic rings. The summed E-state index contributed by atoms with van der Waals surface area (Å²) in [5.74, 6) is 1.42. The van der Waals surface area contributed by atoms with Gasteiger partial charge in [-0.15, -0.1) is 0 Å². The molecule has 1 amide bonds. The van der Waals surface area contributed by atoms with Crippen molar-refractivity contribution in [2.24, 2.45) is 0 Å². The Balaban J connectivity index is 1.45. The van der Waals surface area contributed by atoms with Crippen LogP contribution >= 0.6 is 0 Å². The molecule has 0 unspecified atom stereocenters. The standard InChI is InChI=1S/C23H27N5O2/c1-13-9-14(2)26-22(25-13)20-8-6-7-18-11-19(30-21(18)20)12-24-23(29)17(5)28-16(4)10-15(3)27-28/h6-10,17,19H,11-12H2,1-5H3,(H,24,29)/t17-,19-/m1/s1. The summed E-state index contributed by atoms with van der Waals surface area (Å²) in [6.07, 6.45) is 0.617. The van der Waals surface area contributed by atoms with Gasteiger partial charge < -0.3 is 10.1 Å². The van der Waals surface area contributed by atoms with Gasteiger partial charge in [0.15, 0.2) is 5.82 Å². The molecule has 1 aliphatic heterocycles. The lowest BCUT2D eigenvalue weighted by Crippen LogP contribution is -2.38. The highest BCUT2D eigenvalue weighted by Crippen LogP contribution is 2.37. The second-order valence-electron chi connectivity index (χ2n) is 8.00. The number of nitrogens with zero attached hydrogens (tertiary/aromatic N) is 4. The molecular formula is C23H27N5O2. The summed E-state index contributed by atoms with van der Waals surface area (Å²) in [6, 6.07) is 9.60. The van der Waals surface area contributed by atoms with E-state index in [1.165, 1.54) is 0 Å². The molecule has 2 atom stereocenters. The molecular weight excluding hydrogens is 378 g/mol. The number of ether oxygens (including phenoxy) is 1. The van der Waals surface area contributed by atoms with Gasteiger partial charge in [-0.2, -0.15) is 5.10 Å². The summed E-state index contributed by atoms with van der Waals surface area (Å²) < 4.78 is 7.97. The zero-order chi connectivity index (χ0) is 21.4. The lowest BCUT2D eigenvalue weighted by molar-refractivity contribution is -0.124. The van der Waals surface area contributed by atoms with Crippen molar-refractivity contribution in [1.82, 2.24) is 25.1 Å². The van der Waals surface area contributed by atoms with Crippen LogP contribution < -0.4 is 10.1 Å². The van der Waals surface area contributed by atoms with Crippen molar-refractivity contribution < 1.29 is 9.53 Å². The molecule has 4 rings (SSSR count). The van der Waals surface area contributed by atoms with E-state index in [0.29, 0.717) is 12.4 Å². The average Bonchev–Trinajstić information content (AvgIpc) is 3.26. The third kappa shape index (κ3) is 3.92. The number of rotatable bonds is 5. The summed E-state index contributed by atoms with van der Waals surface area (Å²) in [4.78, 5) is 21.8.